The Kier molecular flexibility index (Phi) is 6.73. The maximum atomic E-state index is 12.8. The van der Waals surface area contributed by atoms with Crippen LogP contribution in [0.4, 0.5) is 4.79 Å². The molecule has 0 aliphatic carbocycles. The van der Waals surface area contributed by atoms with Crippen LogP contribution in [0.15, 0.2) is 48.5 Å². The average molecular weight is 435 g/mol. The van der Waals surface area contributed by atoms with Gasteiger partial charge >= 0.3 is 6.09 Å². The highest BCUT2D eigenvalue weighted by Crippen LogP contribution is 2.24. The van der Waals surface area contributed by atoms with Crippen LogP contribution in [0.25, 0.3) is 11.0 Å². The van der Waals surface area contributed by atoms with Crippen molar-refractivity contribution in [2.24, 2.45) is 5.92 Å². The Hall–Kier alpha value is -3.35. The number of nitrogens with zero attached hydrogens (tertiary/aromatic N) is 2. The van der Waals surface area contributed by atoms with Gasteiger partial charge in [-0.1, -0.05) is 44.2 Å². The van der Waals surface area contributed by atoms with E-state index in [4.69, 9.17) is 4.74 Å². The number of carbonyl (C=O) groups is 2. The van der Waals surface area contributed by atoms with E-state index in [0.717, 1.165) is 42.5 Å². The Morgan fingerprint density at radius 1 is 1.09 bits per heavy atom. The van der Waals surface area contributed by atoms with Crippen molar-refractivity contribution in [2.75, 3.05) is 13.1 Å². The summed E-state index contributed by atoms with van der Waals surface area (Å²) >= 11 is 0. The molecule has 7 heteroatoms. The third-order valence-electron chi connectivity index (χ3n) is 5.84. The van der Waals surface area contributed by atoms with Crippen LogP contribution in [-0.2, 0) is 11.3 Å². The quantitative estimate of drug-likeness (QED) is 0.583. The third kappa shape index (κ3) is 5.10. The zero-order valence-electron chi connectivity index (χ0n) is 18.6. The van der Waals surface area contributed by atoms with Gasteiger partial charge in [0, 0.05) is 18.7 Å². The maximum Gasteiger partial charge on any atom is 0.408 e. The number of ether oxygens (including phenoxy) is 1. The molecule has 1 aliphatic heterocycles. The zero-order valence-corrected chi connectivity index (χ0v) is 18.6. The van der Waals surface area contributed by atoms with Gasteiger partial charge in [0.15, 0.2) is 0 Å². The van der Waals surface area contributed by atoms with Crippen molar-refractivity contribution in [2.45, 2.75) is 45.8 Å². The second kappa shape index (κ2) is 9.85. The van der Waals surface area contributed by atoms with Crippen molar-refractivity contribution in [1.29, 1.82) is 0 Å². The van der Waals surface area contributed by atoms with Gasteiger partial charge < -0.3 is 19.9 Å². The number of amides is 2. The van der Waals surface area contributed by atoms with Gasteiger partial charge in [-0.2, -0.15) is 0 Å². The summed E-state index contributed by atoms with van der Waals surface area (Å²) in [4.78, 5) is 35.1. The Bertz CT molecular complexity index is 1070. The Morgan fingerprint density at radius 3 is 2.56 bits per heavy atom. The van der Waals surface area contributed by atoms with Crippen LogP contribution < -0.4 is 5.32 Å². The molecule has 1 aromatic heterocycles. The van der Waals surface area contributed by atoms with Crippen molar-refractivity contribution in [3.63, 3.8) is 0 Å². The van der Waals surface area contributed by atoms with Crippen LogP contribution in [0.5, 0.6) is 0 Å². The Morgan fingerprint density at radius 2 is 1.84 bits per heavy atom. The first kappa shape index (κ1) is 21.9. The number of alkyl carbamates (subject to hydrolysis) is 1. The van der Waals surface area contributed by atoms with Crippen LogP contribution in [0.2, 0.25) is 0 Å². The topological polar surface area (TPSA) is 87.3 Å². The summed E-state index contributed by atoms with van der Waals surface area (Å²) in [6, 6.07) is 14.8. The van der Waals surface area contributed by atoms with Gasteiger partial charge in [0.2, 0.25) is 0 Å². The molecule has 2 aromatic carbocycles. The minimum atomic E-state index is -0.492. The van der Waals surface area contributed by atoms with Gasteiger partial charge in [-0.3, -0.25) is 4.79 Å². The molecular weight excluding hydrogens is 404 g/mol. The van der Waals surface area contributed by atoms with Gasteiger partial charge in [-0.25, -0.2) is 9.78 Å². The maximum absolute atomic E-state index is 12.8. The first-order chi connectivity index (χ1) is 15.5. The summed E-state index contributed by atoms with van der Waals surface area (Å²) in [5, 5.41) is 2.92. The number of nitrogens with one attached hydrogen (secondary N) is 2. The fraction of sp³-hybridized carbons (Fsp3) is 0.400. The molecule has 0 bridgehead atoms. The molecule has 0 unspecified atom stereocenters. The van der Waals surface area contributed by atoms with E-state index in [2.05, 4.69) is 15.3 Å². The molecule has 3 aromatic rings. The van der Waals surface area contributed by atoms with E-state index in [1.807, 2.05) is 67.3 Å². The molecule has 0 saturated carbocycles. The van der Waals surface area contributed by atoms with Gasteiger partial charge in [0.1, 0.15) is 12.4 Å². The molecule has 168 valence electrons. The molecule has 7 nitrogen and oxygen atoms in total. The molecule has 2 heterocycles. The van der Waals surface area contributed by atoms with Crippen LogP contribution in [0.1, 0.15) is 60.9 Å². The summed E-state index contributed by atoms with van der Waals surface area (Å²) in [6.07, 6.45) is 2.81. The summed E-state index contributed by atoms with van der Waals surface area (Å²) in [6.45, 7) is 5.87. The second-order valence-corrected chi connectivity index (χ2v) is 8.63. The second-order valence-electron chi connectivity index (χ2n) is 8.63. The SMILES string of the molecule is CC(C)[C@H](NC(=O)OCc1ccccc1)c1nc2ccc(C(=O)N3CCCCC3)cc2[nH]1. The van der Waals surface area contributed by atoms with Crippen LogP contribution in [0.3, 0.4) is 0 Å². The van der Waals surface area contributed by atoms with Crippen LogP contribution >= 0.6 is 0 Å². The van der Waals surface area contributed by atoms with E-state index in [-0.39, 0.29) is 24.5 Å². The molecule has 0 radical (unpaired) electrons. The largest absolute Gasteiger partial charge is 0.445 e. The molecule has 0 spiro atoms. The van der Waals surface area contributed by atoms with Gasteiger partial charge in [-0.15, -0.1) is 0 Å². The van der Waals surface area contributed by atoms with Crippen LogP contribution in [-0.4, -0.2) is 40.0 Å². The molecule has 2 amide bonds. The number of carbonyl (C=O) groups excluding carboxylic acids is 2. The Balaban J connectivity index is 1.47. The molecule has 1 saturated heterocycles. The van der Waals surface area contributed by atoms with E-state index in [1.54, 1.807) is 0 Å². The lowest BCUT2D eigenvalue weighted by Crippen LogP contribution is -2.35. The van der Waals surface area contributed by atoms with Crippen LogP contribution in [0, 0.1) is 5.92 Å². The highest BCUT2D eigenvalue weighted by atomic mass is 16.5. The predicted octanol–water partition coefficient (Wildman–Crippen LogP) is 4.81. The first-order valence-electron chi connectivity index (χ1n) is 11.3. The van der Waals surface area contributed by atoms with Crippen molar-refractivity contribution < 1.29 is 14.3 Å². The number of imidazole rings is 1. The van der Waals surface area contributed by atoms with E-state index in [0.29, 0.717) is 11.4 Å². The van der Waals surface area contributed by atoms with E-state index in [1.165, 1.54) is 6.42 Å². The molecule has 4 rings (SSSR count). The fourth-order valence-corrected chi connectivity index (χ4v) is 4.03. The van der Waals surface area contributed by atoms with Crippen molar-refractivity contribution in [3.8, 4) is 0 Å². The van der Waals surface area contributed by atoms with E-state index < -0.39 is 6.09 Å². The number of hydrogen-bond acceptors (Lipinski definition) is 4. The monoisotopic (exact) mass is 434 g/mol. The number of hydrogen-bond donors (Lipinski definition) is 2. The van der Waals surface area contributed by atoms with E-state index >= 15 is 0 Å². The Labute approximate surface area is 188 Å². The fourth-order valence-electron chi connectivity index (χ4n) is 4.03. The number of H-pyrrole nitrogens is 1. The van der Waals surface area contributed by atoms with Gasteiger partial charge in [-0.05, 0) is 48.9 Å². The minimum Gasteiger partial charge on any atom is -0.445 e. The lowest BCUT2D eigenvalue weighted by atomic mass is 10.0. The highest BCUT2D eigenvalue weighted by molar-refractivity contribution is 5.97. The number of benzene rings is 2. The summed E-state index contributed by atoms with van der Waals surface area (Å²) < 4.78 is 5.38. The lowest BCUT2D eigenvalue weighted by molar-refractivity contribution is 0.0724. The number of piperidine rings is 1. The molecule has 1 fully saturated rings. The van der Waals surface area contributed by atoms with Gasteiger partial charge in [0.25, 0.3) is 5.91 Å². The van der Waals surface area contributed by atoms with Crippen molar-refractivity contribution in [3.05, 3.63) is 65.5 Å². The van der Waals surface area contributed by atoms with E-state index in [9.17, 15) is 9.59 Å². The highest BCUT2D eigenvalue weighted by Gasteiger charge is 2.24. The molecule has 1 aliphatic rings. The number of aromatic amines is 1. The summed E-state index contributed by atoms with van der Waals surface area (Å²) in [5.74, 6) is 0.800. The smallest absolute Gasteiger partial charge is 0.408 e. The lowest BCUT2D eigenvalue weighted by Gasteiger charge is -2.26. The van der Waals surface area contributed by atoms with Gasteiger partial charge in [0.05, 0.1) is 17.1 Å². The zero-order chi connectivity index (χ0) is 22.5. The average Bonchev–Trinajstić information content (AvgIpc) is 3.24. The number of likely N-dealkylation sites (tertiary alicyclic amines) is 1. The minimum absolute atomic E-state index is 0.0609. The first-order valence-corrected chi connectivity index (χ1v) is 11.3. The molecular formula is C25H30N4O3. The normalized spacial score (nSPS) is 15.0. The van der Waals surface area contributed by atoms with Crippen molar-refractivity contribution in [1.82, 2.24) is 20.2 Å². The standard InChI is InChI=1S/C25H30N4O3/c1-17(2)22(28-25(31)32-16-18-9-5-3-6-10-18)23-26-20-12-11-19(15-21(20)27-23)24(30)29-13-7-4-8-14-29/h3,5-6,9-12,15,17,22H,4,7-8,13-14,16H2,1-2H3,(H,26,27)(H,28,31)/t22-/m0/s1. The number of rotatable bonds is 6. The summed E-state index contributed by atoms with van der Waals surface area (Å²) in [5.41, 5.74) is 3.14. The molecule has 1 atom stereocenters. The predicted molar refractivity (Wildman–Crippen MR) is 123 cm³/mol. The summed E-state index contributed by atoms with van der Waals surface area (Å²) in [7, 11) is 0. The number of fused-ring (bicyclic) bond motifs is 1. The third-order valence-corrected chi connectivity index (χ3v) is 5.84. The molecule has 2 N–H and O–H groups in total. The van der Waals surface area contributed by atoms with Crippen molar-refractivity contribution >= 4 is 23.0 Å². The molecule has 32 heavy (non-hydrogen) atoms. The number of aromatic nitrogens is 2.